The average molecular weight is 182 g/mol. The summed E-state index contributed by atoms with van der Waals surface area (Å²) in [5.41, 5.74) is 0.395. The van der Waals surface area contributed by atoms with Gasteiger partial charge in [-0.15, -0.1) is 0 Å². The lowest BCUT2D eigenvalue weighted by Crippen LogP contribution is -2.32. The third-order valence-corrected chi connectivity index (χ3v) is 2.97. The zero-order valence-electron chi connectivity index (χ0n) is 9.35. The van der Waals surface area contributed by atoms with Gasteiger partial charge in [0.2, 0.25) is 0 Å². The molecule has 0 aromatic heterocycles. The number of rotatable bonds is 2. The van der Waals surface area contributed by atoms with Gasteiger partial charge in [0, 0.05) is 19.5 Å². The van der Waals surface area contributed by atoms with Crippen LogP contribution in [0.3, 0.4) is 0 Å². The number of nitrogens with one attached hydrogen (secondary N) is 1. The van der Waals surface area contributed by atoms with Crippen LogP contribution in [-0.2, 0) is 0 Å². The summed E-state index contributed by atoms with van der Waals surface area (Å²) >= 11 is 0. The number of nitrogens with zero attached hydrogens (tertiary/aromatic N) is 1. The summed E-state index contributed by atoms with van der Waals surface area (Å²) in [6.07, 6.45) is 2.38. The lowest BCUT2D eigenvalue weighted by Gasteiger charge is -2.27. The summed E-state index contributed by atoms with van der Waals surface area (Å²) in [6.45, 7) is 11.2. The second kappa shape index (κ2) is 4.12. The van der Waals surface area contributed by atoms with Crippen LogP contribution in [0.1, 0.15) is 40.5 Å². The van der Waals surface area contributed by atoms with Crippen molar-refractivity contribution in [2.45, 2.75) is 40.5 Å². The van der Waals surface area contributed by atoms with E-state index in [0.29, 0.717) is 11.3 Å². The van der Waals surface area contributed by atoms with Gasteiger partial charge in [-0.25, -0.2) is 0 Å². The van der Waals surface area contributed by atoms with E-state index in [4.69, 9.17) is 0 Å². The van der Waals surface area contributed by atoms with Gasteiger partial charge in [0.05, 0.1) is 5.84 Å². The number of hydrogen-bond donors (Lipinski definition) is 1. The van der Waals surface area contributed by atoms with Gasteiger partial charge in [-0.2, -0.15) is 0 Å². The molecule has 0 saturated carbocycles. The molecule has 1 N–H and O–H groups in total. The zero-order chi connectivity index (χ0) is 9.90. The smallest absolute Gasteiger partial charge is 0.0963 e. The highest BCUT2D eigenvalue weighted by Crippen LogP contribution is 2.24. The SMILES string of the molecule is CC(CNC1=NCCC1)C(C)(C)C. The molecule has 1 atom stereocenters. The van der Waals surface area contributed by atoms with Crippen molar-refractivity contribution in [1.29, 1.82) is 0 Å². The first-order chi connectivity index (χ1) is 6.00. The maximum absolute atomic E-state index is 4.40. The molecule has 1 heterocycles. The van der Waals surface area contributed by atoms with Gasteiger partial charge in [0.15, 0.2) is 0 Å². The molecule has 13 heavy (non-hydrogen) atoms. The number of aliphatic imine (C=N–C) groups is 1. The van der Waals surface area contributed by atoms with Crippen molar-refractivity contribution in [3.63, 3.8) is 0 Å². The minimum Gasteiger partial charge on any atom is -0.374 e. The van der Waals surface area contributed by atoms with Crippen LogP contribution in [0.25, 0.3) is 0 Å². The molecule has 1 aliphatic heterocycles. The molecule has 2 nitrogen and oxygen atoms in total. The van der Waals surface area contributed by atoms with Gasteiger partial charge in [0.1, 0.15) is 0 Å². The summed E-state index contributed by atoms with van der Waals surface area (Å²) < 4.78 is 0. The summed E-state index contributed by atoms with van der Waals surface area (Å²) in [4.78, 5) is 4.40. The summed E-state index contributed by atoms with van der Waals surface area (Å²) in [5, 5.41) is 3.44. The van der Waals surface area contributed by atoms with E-state index in [9.17, 15) is 0 Å². The molecule has 0 spiro atoms. The molecule has 1 unspecified atom stereocenters. The van der Waals surface area contributed by atoms with E-state index < -0.39 is 0 Å². The zero-order valence-corrected chi connectivity index (χ0v) is 9.35. The van der Waals surface area contributed by atoms with Gasteiger partial charge in [-0.1, -0.05) is 27.7 Å². The van der Waals surface area contributed by atoms with Crippen LogP contribution in [-0.4, -0.2) is 18.9 Å². The lowest BCUT2D eigenvalue weighted by atomic mass is 9.82. The van der Waals surface area contributed by atoms with Gasteiger partial charge in [-0.3, -0.25) is 4.99 Å². The molecular weight excluding hydrogens is 160 g/mol. The van der Waals surface area contributed by atoms with Crippen LogP contribution in [0.4, 0.5) is 0 Å². The standard InChI is InChI=1S/C11H22N2/c1-9(11(2,3)4)8-13-10-6-5-7-12-10/h9H,5-8H2,1-4H3,(H,12,13). The minimum absolute atomic E-state index is 0.395. The molecule has 2 heteroatoms. The van der Waals surface area contributed by atoms with Crippen LogP contribution < -0.4 is 5.32 Å². The van der Waals surface area contributed by atoms with Gasteiger partial charge in [0.25, 0.3) is 0 Å². The normalized spacial score (nSPS) is 19.8. The van der Waals surface area contributed by atoms with Crippen LogP contribution in [0.15, 0.2) is 4.99 Å². The Kier molecular flexibility index (Phi) is 3.34. The fraction of sp³-hybridized carbons (Fsp3) is 0.909. The molecule has 0 aromatic rings. The highest BCUT2D eigenvalue weighted by Gasteiger charge is 2.20. The third kappa shape index (κ3) is 3.37. The molecule has 0 radical (unpaired) electrons. The first kappa shape index (κ1) is 10.6. The molecule has 0 bridgehead atoms. The molecule has 1 aliphatic rings. The quantitative estimate of drug-likeness (QED) is 0.697. The predicted octanol–water partition coefficient (Wildman–Crippen LogP) is 2.45. The largest absolute Gasteiger partial charge is 0.374 e. The van der Waals surface area contributed by atoms with Crippen LogP contribution >= 0.6 is 0 Å². The molecule has 0 fully saturated rings. The Morgan fingerprint density at radius 3 is 2.62 bits per heavy atom. The second-order valence-electron chi connectivity index (χ2n) is 5.08. The molecule has 0 saturated heterocycles. The Morgan fingerprint density at radius 1 is 1.46 bits per heavy atom. The van der Waals surface area contributed by atoms with Gasteiger partial charge in [-0.05, 0) is 17.8 Å². The first-order valence-electron chi connectivity index (χ1n) is 5.27. The highest BCUT2D eigenvalue weighted by atomic mass is 15.0. The predicted molar refractivity (Wildman–Crippen MR) is 58.2 cm³/mol. The van der Waals surface area contributed by atoms with E-state index in [1.54, 1.807) is 0 Å². The topological polar surface area (TPSA) is 24.4 Å². The number of hydrogen-bond acceptors (Lipinski definition) is 2. The van der Waals surface area contributed by atoms with Gasteiger partial charge < -0.3 is 5.32 Å². The fourth-order valence-electron chi connectivity index (χ4n) is 1.26. The van der Waals surface area contributed by atoms with Crippen molar-refractivity contribution in [2.24, 2.45) is 16.3 Å². The molecule has 0 amide bonds. The number of amidine groups is 1. The van der Waals surface area contributed by atoms with Crippen molar-refractivity contribution in [3.8, 4) is 0 Å². The Hall–Kier alpha value is -0.530. The van der Waals surface area contributed by atoms with Crippen molar-refractivity contribution in [2.75, 3.05) is 13.1 Å². The van der Waals surface area contributed by atoms with Crippen molar-refractivity contribution >= 4 is 5.84 Å². The van der Waals surface area contributed by atoms with E-state index >= 15 is 0 Å². The van der Waals surface area contributed by atoms with E-state index in [2.05, 4.69) is 38.0 Å². The monoisotopic (exact) mass is 182 g/mol. The second-order valence-corrected chi connectivity index (χ2v) is 5.08. The van der Waals surface area contributed by atoms with E-state index in [1.807, 2.05) is 0 Å². The minimum atomic E-state index is 0.395. The van der Waals surface area contributed by atoms with E-state index in [-0.39, 0.29) is 0 Å². The van der Waals surface area contributed by atoms with Crippen molar-refractivity contribution in [3.05, 3.63) is 0 Å². The fourth-order valence-corrected chi connectivity index (χ4v) is 1.26. The summed E-state index contributed by atoms with van der Waals surface area (Å²) in [6, 6.07) is 0. The Morgan fingerprint density at radius 2 is 2.15 bits per heavy atom. The van der Waals surface area contributed by atoms with Crippen molar-refractivity contribution in [1.82, 2.24) is 5.32 Å². The highest BCUT2D eigenvalue weighted by molar-refractivity contribution is 5.83. The Balaban J connectivity index is 2.25. The van der Waals surface area contributed by atoms with Crippen molar-refractivity contribution < 1.29 is 0 Å². The molecule has 1 rings (SSSR count). The van der Waals surface area contributed by atoms with Gasteiger partial charge >= 0.3 is 0 Å². The average Bonchev–Trinajstić information content (AvgIpc) is 2.50. The van der Waals surface area contributed by atoms with Crippen LogP contribution in [0.2, 0.25) is 0 Å². The summed E-state index contributed by atoms with van der Waals surface area (Å²) in [5.74, 6) is 1.91. The Labute approximate surface area is 81.8 Å². The molecule has 76 valence electrons. The van der Waals surface area contributed by atoms with Crippen LogP contribution in [0, 0.1) is 11.3 Å². The maximum Gasteiger partial charge on any atom is 0.0963 e. The molecular formula is C11H22N2. The molecule has 0 aliphatic carbocycles. The van der Waals surface area contributed by atoms with E-state index in [1.165, 1.54) is 12.3 Å². The third-order valence-electron chi connectivity index (χ3n) is 2.97. The molecule has 0 aromatic carbocycles. The lowest BCUT2D eigenvalue weighted by molar-refractivity contribution is 0.262. The maximum atomic E-state index is 4.40. The summed E-state index contributed by atoms with van der Waals surface area (Å²) in [7, 11) is 0. The van der Waals surface area contributed by atoms with E-state index in [0.717, 1.165) is 19.5 Å². The van der Waals surface area contributed by atoms with Crippen LogP contribution in [0.5, 0.6) is 0 Å². The Bertz CT molecular complexity index is 189. The first-order valence-corrected chi connectivity index (χ1v) is 5.27.